The zero-order valence-corrected chi connectivity index (χ0v) is 31.3. The molecule has 1 unspecified atom stereocenters. The number of ether oxygens (including phenoxy) is 3. The van der Waals surface area contributed by atoms with Gasteiger partial charge in [0.05, 0.1) is 37.8 Å². The van der Waals surface area contributed by atoms with Crippen LogP contribution in [0.3, 0.4) is 0 Å². The molecule has 1 fully saturated rings. The summed E-state index contributed by atoms with van der Waals surface area (Å²) in [6.45, 7) is 12.3. The highest BCUT2D eigenvalue weighted by Gasteiger charge is 2.37. The smallest absolute Gasteiger partial charge is 0.416 e. The molecule has 3 aromatic rings. The van der Waals surface area contributed by atoms with E-state index in [1.807, 2.05) is 44.7 Å². The monoisotopic (exact) mass is 730 g/mol. The molecule has 2 atom stereocenters. The Hall–Kier alpha value is -4.03. The van der Waals surface area contributed by atoms with Crippen molar-refractivity contribution in [2.75, 3.05) is 40.5 Å². The summed E-state index contributed by atoms with van der Waals surface area (Å²) in [6, 6.07) is 6.49. The maximum absolute atomic E-state index is 16.2. The second kappa shape index (κ2) is 17.2. The normalized spacial score (nSPS) is 15.0. The molecule has 8 nitrogen and oxygen atoms in total. The van der Waals surface area contributed by atoms with Crippen molar-refractivity contribution in [3.05, 3.63) is 86.1 Å². The molecule has 0 spiro atoms. The number of hydrogen-bond donors (Lipinski definition) is 0. The molecule has 1 saturated heterocycles. The quantitative estimate of drug-likeness (QED) is 0.110. The fourth-order valence-corrected chi connectivity index (χ4v) is 7.10. The summed E-state index contributed by atoms with van der Waals surface area (Å²) in [5.41, 5.74) is 1.57. The van der Waals surface area contributed by atoms with Gasteiger partial charge in [0.25, 0.3) is 5.56 Å². The zero-order chi connectivity index (χ0) is 38.5. The summed E-state index contributed by atoms with van der Waals surface area (Å²) in [6.07, 6.45) is -4.15. The first-order valence-electron chi connectivity index (χ1n) is 17.7. The van der Waals surface area contributed by atoms with Crippen LogP contribution in [0.25, 0.3) is 11.1 Å². The Bertz CT molecular complexity index is 1810. The van der Waals surface area contributed by atoms with Crippen molar-refractivity contribution in [3.8, 4) is 16.9 Å². The molecular formula is C40H50F4N2O6. The largest absolute Gasteiger partial charge is 0.496 e. The van der Waals surface area contributed by atoms with Crippen molar-refractivity contribution in [1.29, 1.82) is 0 Å². The van der Waals surface area contributed by atoms with E-state index >= 15 is 4.39 Å². The van der Waals surface area contributed by atoms with E-state index in [0.717, 1.165) is 27.5 Å². The van der Waals surface area contributed by atoms with Crippen molar-refractivity contribution in [1.82, 2.24) is 9.47 Å². The number of likely N-dealkylation sites (tertiary alicyclic amines) is 1. The van der Waals surface area contributed by atoms with Crippen molar-refractivity contribution < 1.29 is 41.4 Å². The maximum atomic E-state index is 16.2. The highest BCUT2D eigenvalue weighted by molar-refractivity contribution is 5.85. The Labute approximate surface area is 303 Å². The van der Waals surface area contributed by atoms with Gasteiger partial charge in [0.15, 0.2) is 5.78 Å². The number of rotatable bonds is 16. The van der Waals surface area contributed by atoms with Gasteiger partial charge < -0.3 is 18.8 Å². The summed E-state index contributed by atoms with van der Waals surface area (Å²) in [5.74, 6) is -2.20. The third-order valence-corrected chi connectivity index (χ3v) is 9.85. The number of pyridine rings is 1. The average Bonchev–Trinajstić information content (AvgIpc) is 3.04. The molecule has 1 aliphatic heterocycles. The number of carbonyl (C=O) groups is 2. The number of carbonyl (C=O) groups excluding carboxylic acids is 2. The minimum atomic E-state index is -4.78. The van der Waals surface area contributed by atoms with Crippen molar-refractivity contribution in [3.63, 3.8) is 0 Å². The number of Topliss-reactive ketones (excluding diaryl/α,β-unsaturated/α-hetero) is 1. The summed E-state index contributed by atoms with van der Waals surface area (Å²) < 4.78 is 75.9. The second-order valence-electron chi connectivity index (χ2n) is 14.1. The van der Waals surface area contributed by atoms with Crippen LogP contribution in [0, 0.1) is 32.5 Å². The summed E-state index contributed by atoms with van der Waals surface area (Å²) in [7, 11) is 3.14. The second-order valence-corrected chi connectivity index (χ2v) is 14.1. The molecule has 12 heteroatoms. The van der Waals surface area contributed by atoms with Crippen LogP contribution in [0.15, 0.2) is 41.3 Å². The predicted octanol–water partition coefficient (Wildman–Crippen LogP) is 7.76. The number of methoxy groups -OCH3 is 2. The summed E-state index contributed by atoms with van der Waals surface area (Å²) in [4.78, 5) is 42.7. The van der Waals surface area contributed by atoms with Crippen LogP contribution < -0.4 is 10.3 Å². The number of aromatic nitrogens is 1. The highest BCUT2D eigenvalue weighted by atomic mass is 19.4. The molecule has 0 bridgehead atoms. The minimum absolute atomic E-state index is 0.0000153. The van der Waals surface area contributed by atoms with Gasteiger partial charge in [-0.25, -0.2) is 4.39 Å². The van der Waals surface area contributed by atoms with Gasteiger partial charge in [-0.15, -0.1) is 0 Å². The molecule has 1 aliphatic rings. The first kappa shape index (κ1) is 40.7. The average molecular weight is 731 g/mol. The lowest BCUT2D eigenvalue weighted by Crippen LogP contribution is -2.52. The Morgan fingerprint density at radius 3 is 2.29 bits per heavy atom. The van der Waals surface area contributed by atoms with Crippen LogP contribution in [0.4, 0.5) is 17.6 Å². The molecular weight excluding hydrogens is 680 g/mol. The fraction of sp³-hybridized carbons (Fsp3) is 0.525. The first-order valence-corrected chi connectivity index (χ1v) is 17.7. The number of hydrogen-bond acceptors (Lipinski definition) is 7. The molecule has 2 aromatic carbocycles. The Morgan fingerprint density at radius 1 is 1.00 bits per heavy atom. The number of alkyl halides is 3. The molecule has 52 heavy (non-hydrogen) atoms. The lowest BCUT2D eigenvalue weighted by atomic mass is 9.83. The SMILES string of the molecule is CCOC(=O)C[C@H](CC(=O)C(CC(C)C)n1cc(CCN2CC(OC)C2)c(C(F)(F)F)cc1=O)c1cc(-c2c(C)ccc(OC)c2C)cc(C)c1F. The predicted molar refractivity (Wildman–Crippen MR) is 191 cm³/mol. The van der Waals surface area contributed by atoms with E-state index in [1.165, 1.54) is 0 Å². The van der Waals surface area contributed by atoms with Gasteiger partial charge in [-0.2, -0.15) is 13.2 Å². The highest BCUT2D eigenvalue weighted by Crippen LogP contribution is 2.39. The molecule has 2 heterocycles. The van der Waals surface area contributed by atoms with E-state index in [4.69, 9.17) is 14.2 Å². The van der Waals surface area contributed by atoms with Gasteiger partial charge in [0, 0.05) is 51.3 Å². The number of esters is 1. The molecule has 0 aliphatic carbocycles. The lowest BCUT2D eigenvalue weighted by Gasteiger charge is -2.38. The molecule has 0 N–H and O–H groups in total. The van der Waals surface area contributed by atoms with Gasteiger partial charge in [-0.1, -0.05) is 19.9 Å². The first-order chi connectivity index (χ1) is 24.5. The van der Waals surface area contributed by atoms with E-state index in [-0.39, 0.29) is 55.4 Å². The van der Waals surface area contributed by atoms with E-state index in [9.17, 15) is 27.6 Å². The lowest BCUT2D eigenvalue weighted by molar-refractivity contribution is -0.143. The summed E-state index contributed by atoms with van der Waals surface area (Å²) >= 11 is 0. The van der Waals surface area contributed by atoms with Crippen LogP contribution in [-0.4, -0.2) is 67.8 Å². The van der Waals surface area contributed by atoms with Crippen molar-refractivity contribution in [2.45, 2.75) is 91.5 Å². The zero-order valence-electron chi connectivity index (χ0n) is 31.3. The van der Waals surface area contributed by atoms with E-state index in [2.05, 4.69) is 0 Å². The van der Waals surface area contributed by atoms with Crippen molar-refractivity contribution in [2.24, 2.45) is 5.92 Å². The van der Waals surface area contributed by atoms with E-state index < -0.39 is 46.8 Å². The molecule has 0 radical (unpaired) electrons. The minimum Gasteiger partial charge on any atom is -0.496 e. The molecule has 4 rings (SSSR count). The van der Waals surface area contributed by atoms with Gasteiger partial charge in [0.1, 0.15) is 11.6 Å². The molecule has 284 valence electrons. The third-order valence-electron chi connectivity index (χ3n) is 9.85. The number of benzene rings is 2. The fourth-order valence-electron chi connectivity index (χ4n) is 7.10. The summed E-state index contributed by atoms with van der Waals surface area (Å²) in [5, 5.41) is 0. The van der Waals surface area contributed by atoms with Crippen LogP contribution >= 0.6 is 0 Å². The van der Waals surface area contributed by atoms with Crippen LogP contribution in [-0.2, 0) is 31.7 Å². The third kappa shape index (κ3) is 9.49. The van der Waals surface area contributed by atoms with Crippen LogP contribution in [0.1, 0.15) is 85.4 Å². The number of nitrogens with zero attached hydrogens (tertiary/aromatic N) is 2. The number of halogens is 4. The maximum Gasteiger partial charge on any atom is 0.416 e. The van der Waals surface area contributed by atoms with Crippen molar-refractivity contribution >= 4 is 11.8 Å². The van der Waals surface area contributed by atoms with Crippen LogP contribution in [0.2, 0.25) is 0 Å². The van der Waals surface area contributed by atoms with Gasteiger partial charge in [0.2, 0.25) is 0 Å². The van der Waals surface area contributed by atoms with Crippen LogP contribution in [0.5, 0.6) is 5.75 Å². The Balaban J connectivity index is 1.79. The standard InChI is InChI=1S/C40H50F4N2O6/c1-9-52-37(49)18-28(31-16-29(15-25(5)39(31)41)38-24(4)10-11-35(51-8)26(38)6)17-34(47)33(14-23(2)3)46-20-27(12-13-45-21-30(22-45)50-7)32(19-36(46)48)40(42,43)44/h10-11,15-16,19-20,23,28,30,33H,9,12-14,17-18,21-22H2,1-8H3/t28-,33?/m0/s1. The Morgan fingerprint density at radius 2 is 1.69 bits per heavy atom. The van der Waals surface area contributed by atoms with E-state index in [0.29, 0.717) is 42.6 Å². The van der Waals surface area contributed by atoms with E-state index in [1.54, 1.807) is 40.2 Å². The number of ketones is 1. The van der Waals surface area contributed by atoms with Gasteiger partial charge in [-0.3, -0.25) is 19.3 Å². The van der Waals surface area contributed by atoms with Gasteiger partial charge in [-0.05, 0) is 104 Å². The van der Waals surface area contributed by atoms with Gasteiger partial charge >= 0.3 is 12.1 Å². The molecule has 1 aromatic heterocycles. The molecule has 0 saturated carbocycles. The topological polar surface area (TPSA) is 87.1 Å². The Kier molecular flexibility index (Phi) is 13.5. The molecule has 0 amide bonds. The number of aryl methyl sites for hydroxylation is 2.